The summed E-state index contributed by atoms with van der Waals surface area (Å²) in [7, 11) is 2.00. The Bertz CT molecular complexity index is 1860. The zero-order valence-electron chi connectivity index (χ0n) is 20.4. The fourth-order valence-corrected chi connectivity index (χ4v) is 5.95. The van der Waals surface area contributed by atoms with E-state index in [0.29, 0.717) is 26.3 Å². The Kier molecular flexibility index (Phi) is 5.70. The number of benzene rings is 3. The van der Waals surface area contributed by atoms with Crippen LogP contribution in [0.5, 0.6) is 0 Å². The monoisotopic (exact) mass is 504 g/mol. The summed E-state index contributed by atoms with van der Waals surface area (Å²) in [5.41, 5.74) is 4.50. The van der Waals surface area contributed by atoms with Crippen LogP contribution < -0.4 is 20.2 Å². The molecule has 0 unspecified atom stereocenters. The van der Waals surface area contributed by atoms with Crippen molar-refractivity contribution < 1.29 is 4.79 Å². The Labute approximate surface area is 217 Å². The molecule has 0 fully saturated rings. The molecule has 0 radical (unpaired) electrons. The van der Waals surface area contributed by atoms with Crippen molar-refractivity contribution in [3.8, 4) is 0 Å². The number of allylic oxidation sites excluding steroid dienone is 1. The molecular formula is C30H24N4O2S. The number of anilines is 1. The minimum atomic E-state index is -0.587. The first-order valence-electron chi connectivity index (χ1n) is 12.0. The lowest BCUT2D eigenvalue weighted by molar-refractivity contribution is -0.113. The van der Waals surface area contributed by atoms with Gasteiger partial charge in [-0.25, -0.2) is 4.99 Å². The largest absolute Gasteiger partial charge is 0.350 e. The average Bonchev–Trinajstić information content (AvgIpc) is 3.40. The molecule has 0 bridgehead atoms. The van der Waals surface area contributed by atoms with Gasteiger partial charge in [-0.15, -0.1) is 0 Å². The molecule has 182 valence electrons. The van der Waals surface area contributed by atoms with Gasteiger partial charge in [0.25, 0.3) is 11.5 Å². The van der Waals surface area contributed by atoms with Gasteiger partial charge in [-0.3, -0.25) is 14.2 Å². The van der Waals surface area contributed by atoms with Gasteiger partial charge in [0, 0.05) is 35.4 Å². The van der Waals surface area contributed by atoms with E-state index in [1.54, 1.807) is 4.57 Å². The van der Waals surface area contributed by atoms with Crippen LogP contribution in [0.4, 0.5) is 5.69 Å². The molecule has 1 atom stereocenters. The molecular weight excluding hydrogens is 480 g/mol. The van der Waals surface area contributed by atoms with Crippen molar-refractivity contribution in [2.75, 3.05) is 5.32 Å². The van der Waals surface area contributed by atoms with Crippen LogP contribution in [0.2, 0.25) is 0 Å². The molecule has 3 aromatic carbocycles. The molecule has 37 heavy (non-hydrogen) atoms. The zero-order valence-corrected chi connectivity index (χ0v) is 21.2. The molecule has 5 aromatic rings. The van der Waals surface area contributed by atoms with Crippen molar-refractivity contribution in [2.24, 2.45) is 12.0 Å². The molecule has 1 aliphatic rings. The standard InChI is InChI=1S/C30H24N4O2S/c1-19-26(28(35)32-22-13-7-4-8-14-22)27(20-11-5-3-6-12-20)34-29(36)25(37-30(34)31-19)17-21-18-33(2)24-16-10-9-15-23(21)24/h3-18,27H,1-2H3,(H,32,35)/b25-17-/t27-/m1/s1. The fourth-order valence-electron chi connectivity index (χ4n) is 4.91. The van der Waals surface area contributed by atoms with E-state index in [4.69, 9.17) is 4.99 Å². The van der Waals surface area contributed by atoms with Crippen molar-refractivity contribution in [1.82, 2.24) is 9.13 Å². The highest BCUT2D eigenvalue weighted by Gasteiger charge is 2.32. The summed E-state index contributed by atoms with van der Waals surface area (Å²) in [5, 5.41) is 4.06. The van der Waals surface area contributed by atoms with Crippen LogP contribution in [0, 0.1) is 0 Å². The normalized spacial score (nSPS) is 15.5. The lowest BCUT2D eigenvalue weighted by Gasteiger charge is -2.25. The van der Waals surface area contributed by atoms with Gasteiger partial charge in [-0.1, -0.05) is 78.1 Å². The number of hydrogen-bond donors (Lipinski definition) is 1. The molecule has 0 spiro atoms. The van der Waals surface area contributed by atoms with Crippen LogP contribution in [0.3, 0.4) is 0 Å². The van der Waals surface area contributed by atoms with Crippen LogP contribution in [-0.2, 0) is 11.8 Å². The van der Waals surface area contributed by atoms with Gasteiger partial charge in [0.15, 0.2) is 4.80 Å². The molecule has 1 N–H and O–H groups in total. The molecule has 1 aliphatic heterocycles. The van der Waals surface area contributed by atoms with Crippen molar-refractivity contribution in [3.05, 3.63) is 133 Å². The number of thiazole rings is 1. The lowest BCUT2D eigenvalue weighted by Crippen LogP contribution is -2.40. The number of aromatic nitrogens is 2. The molecule has 1 amide bonds. The summed E-state index contributed by atoms with van der Waals surface area (Å²) in [6, 6.07) is 26.5. The van der Waals surface area contributed by atoms with Gasteiger partial charge in [0.2, 0.25) is 0 Å². The van der Waals surface area contributed by atoms with Crippen LogP contribution in [0.25, 0.3) is 17.0 Å². The maximum Gasteiger partial charge on any atom is 0.271 e. The number of carbonyl (C=O) groups is 1. The number of hydrogen-bond acceptors (Lipinski definition) is 4. The van der Waals surface area contributed by atoms with Gasteiger partial charge >= 0.3 is 0 Å². The number of para-hydroxylation sites is 2. The zero-order chi connectivity index (χ0) is 25.5. The molecule has 0 saturated heterocycles. The second-order valence-corrected chi connectivity index (χ2v) is 10.0. The number of amides is 1. The first kappa shape index (κ1) is 22.9. The molecule has 7 heteroatoms. The van der Waals surface area contributed by atoms with E-state index in [2.05, 4.69) is 22.0 Å². The van der Waals surface area contributed by atoms with Gasteiger partial charge in [-0.05, 0) is 36.8 Å². The minimum Gasteiger partial charge on any atom is -0.350 e. The van der Waals surface area contributed by atoms with Crippen LogP contribution in [0.1, 0.15) is 24.1 Å². The molecule has 6 rings (SSSR count). The number of nitrogens with one attached hydrogen (secondary N) is 1. The Morgan fingerprint density at radius 3 is 2.41 bits per heavy atom. The topological polar surface area (TPSA) is 68.4 Å². The smallest absolute Gasteiger partial charge is 0.271 e. The van der Waals surface area contributed by atoms with Crippen molar-refractivity contribution >= 4 is 39.9 Å². The van der Waals surface area contributed by atoms with E-state index in [1.807, 2.05) is 99.0 Å². The van der Waals surface area contributed by atoms with Crippen molar-refractivity contribution in [3.63, 3.8) is 0 Å². The van der Waals surface area contributed by atoms with Crippen molar-refractivity contribution in [1.29, 1.82) is 0 Å². The van der Waals surface area contributed by atoms with Crippen molar-refractivity contribution in [2.45, 2.75) is 13.0 Å². The summed E-state index contributed by atoms with van der Waals surface area (Å²) in [6.45, 7) is 1.83. The summed E-state index contributed by atoms with van der Waals surface area (Å²) >= 11 is 1.35. The number of fused-ring (bicyclic) bond motifs is 2. The maximum atomic E-state index is 13.9. The van der Waals surface area contributed by atoms with E-state index < -0.39 is 6.04 Å². The summed E-state index contributed by atoms with van der Waals surface area (Å²) in [5.74, 6) is -0.273. The quantitative estimate of drug-likeness (QED) is 0.395. The predicted molar refractivity (Wildman–Crippen MR) is 148 cm³/mol. The first-order chi connectivity index (χ1) is 18.0. The highest BCUT2D eigenvalue weighted by atomic mass is 32.1. The molecule has 6 nitrogen and oxygen atoms in total. The van der Waals surface area contributed by atoms with Gasteiger partial charge < -0.3 is 9.88 Å². The second-order valence-electron chi connectivity index (χ2n) is 9.03. The summed E-state index contributed by atoms with van der Waals surface area (Å²) in [6.07, 6.45) is 3.96. The summed E-state index contributed by atoms with van der Waals surface area (Å²) in [4.78, 5) is 32.8. The Balaban J connectivity index is 1.53. The predicted octanol–water partition coefficient (Wildman–Crippen LogP) is 4.37. The Morgan fingerprint density at radius 1 is 0.973 bits per heavy atom. The molecule has 2 aromatic heterocycles. The third kappa shape index (κ3) is 4.03. The fraction of sp³-hybridized carbons (Fsp3) is 0.100. The Morgan fingerprint density at radius 2 is 1.65 bits per heavy atom. The lowest BCUT2D eigenvalue weighted by atomic mass is 9.95. The average molecular weight is 505 g/mol. The number of aryl methyl sites for hydroxylation is 1. The summed E-state index contributed by atoms with van der Waals surface area (Å²) < 4.78 is 4.29. The van der Waals surface area contributed by atoms with Crippen LogP contribution >= 0.6 is 11.3 Å². The molecule has 0 aliphatic carbocycles. The van der Waals surface area contributed by atoms with E-state index in [0.717, 1.165) is 22.0 Å². The second kappa shape index (κ2) is 9.19. The van der Waals surface area contributed by atoms with Gasteiger partial charge in [0.1, 0.15) is 0 Å². The first-order valence-corrected chi connectivity index (χ1v) is 12.8. The van der Waals surface area contributed by atoms with Crippen LogP contribution in [0.15, 0.2) is 112 Å². The highest BCUT2D eigenvalue weighted by Crippen LogP contribution is 2.30. The number of nitrogens with zero attached hydrogens (tertiary/aromatic N) is 3. The third-order valence-electron chi connectivity index (χ3n) is 6.63. The third-order valence-corrected chi connectivity index (χ3v) is 7.61. The SMILES string of the molecule is CC1=C(C(=O)Nc2ccccc2)[C@@H](c2ccccc2)n2c(s/c(=C\c3cn(C)c4ccccc34)c2=O)=N1. The Hall–Kier alpha value is -4.49. The van der Waals surface area contributed by atoms with E-state index in [9.17, 15) is 9.59 Å². The minimum absolute atomic E-state index is 0.164. The number of rotatable bonds is 4. The van der Waals surface area contributed by atoms with Gasteiger partial charge in [0.05, 0.1) is 21.8 Å². The highest BCUT2D eigenvalue weighted by molar-refractivity contribution is 7.07. The molecule has 0 saturated carbocycles. The van der Waals surface area contributed by atoms with E-state index in [-0.39, 0.29) is 11.5 Å². The number of carbonyl (C=O) groups excluding carboxylic acids is 1. The van der Waals surface area contributed by atoms with E-state index in [1.165, 1.54) is 11.3 Å². The van der Waals surface area contributed by atoms with Gasteiger partial charge in [-0.2, -0.15) is 0 Å². The van der Waals surface area contributed by atoms with E-state index >= 15 is 0 Å². The maximum absolute atomic E-state index is 13.9. The molecule has 3 heterocycles. The van der Waals surface area contributed by atoms with Crippen LogP contribution in [-0.4, -0.2) is 15.0 Å².